The maximum Gasteiger partial charge on any atom is 0.203 e. The zero-order valence-electron chi connectivity index (χ0n) is 13.3. The van der Waals surface area contributed by atoms with Crippen LogP contribution in [-0.2, 0) is 13.6 Å². The molecule has 3 rings (SSSR count). The predicted octanol–water partition coefficient (Wildman–Crippen LogP) is 3.03. The fraction of sp³-hybridized carbons (Fsp3) is 0.625. The lowest BCUT2D eigenvalue weighted by atomic mass is 9.96. The van der Waals surface area contributed by atoms with E-state index in [0.29, 0.717) is 6.04 Å². The van der Waals surface area contributed by atoms with Gasteiger partial charge in [-0.15, -0.1) is 0 Å². The molecule has 5 heteroatoms. The molecule has 0 atom stereocenters. The number of nitrogens with one attached hydrogen (secondary N) is 1. The largest absolute Gasteiger partial charge is 0.353 e. The fourth-order valence-corrected chi connectivity index (χ4v) is 3.22. The van der Waals surface area contributed by atoms with Crippen LogP contribution in [-0.4, -0.2) is 25.4 Å². The van der Waals surface area contributed by atoms with Crippen molar-refractivity contribution in [1.82, 2.24) is 19.3 Å². The topological polar surface area (TPSA) is 47.7 Å². The molecule has 0 aromatic carbocycles. The quantitative estimate of drug-likeness (QED) is 0.940. The van der Waals surface area contributed by atoms with Gasteiger partial charge in [0.2, 0.25) is 5.95 Å². The molecule has 0 amide bonds. The summed E-state index contributed by atoms with van der Waals surface area (Å²) in [5.41, 5.74) is 3.62. The Morgan fingerprint density at radius 1 is 1.24 bits per heavy atom. The molecular formula is C16H25N5. The molecule has 0 radical (unpaired) electrons. The van der Waals surface area contributed by atoms with Gasteiger partial charge in [-0.2, -0.15) is 5.10 Å². The van der Waals surface area contributed by atoms with Crippen LogP contribution in [0.15, 0.2) is 12.4 Å². The molecule has 0 unspecified atom stereocenters. The van der Waals surface area contributed by atoms with Crippen LogP contribution in [0.5, 0.6) is 0 Å². The lowest BCUT2D eigenvalue weighted by molar-refractivity contribution is 0.459. The summed E-state index contributed by atoms with van der Waals surface area (Å²) < 4.78 is 4.15. The maximum absolute atomic E-state index is 4.50. The van der Waals surface area contributed by atoms with Crippen molar-refractivity contribution in [2.24, 2.45) is 7.05 Å². The average molecular weight is 287 g/mol. The average Bonchev–Trinajstić information content (AvgIpc) is 3.00. The van der Waals surface area contributed by atoms with Gasteiger partial charge in [-0.1, -0.05) is 19.3 Å². The van der Waals surface area contributed by atoms with Gasteiger partial charge >= 0.3 is 0 Å². The normalized spacial score (nSPS) is 16.3. The van der Waals surface area contributed by atoms with Gasteiger partial charge in [0.25, 0.3) is 0 Å². The number of hydrogen-bond donors (Lipinski definition) is 1. The summed E-state index contributed by atoms with van der Waals surface area (Å²) in [6, 6.07) is 0.580. The zero-order chi connectivity index (χ0) is 14.8. The van der Waals surface area contributed by atoms with E-state index < -0.39 is 0 Å². The molecule has 0 spiro atoms. The predicted molar refractivity (Wildman–Crippen MR) is 84.5 cm³/mol. The van der Waals surface area contributed by atoms with Crippen LogP contribution in [0.3, 0.4) is 0 Å². The number of imidazole rings is 1. The summed E-state index contributed by atoms with van der Waals surface area (Å²) >= 11 is 0. The molecule has 2 heterocycles. The number of rotatable bonds is 4. The van der Waals surface area contributed by atoms with Crippen molar-refractivity contribution in [1.29, 1.82) is 0 Å². The molecule has 1 saturated carbocycles. The van der Waals surface area contributed by atoms with E-state index in [9.17, 15) is 0 Å². The third kappa shape index (κ3) is 2.96. The monoisotopic (exact) mass is 287 g/mol. The Labute approximate surface area is 126 Å². The molecule has 5 nitrogen and oxygen atoms in total. The van der Waals surface area contributed by atoms with Crippen LogP contribution in [0.4, 0.5) is 5.95 Å². The lowest BCUT2D eigenvalue weighted by Gasteiger charge is -2.23. The van der Waals surface area contributed by atoms with Crippen LogP contribution in [0, 0.1) is 13.8 Å². The van der Waals surface area contributed by atoms with Crippen molar-refractivity contribution in [3.05, 3.63) is 29.3 Å². The van der Waals surface area contributed by atoms with Crippen LogP contribution in [0.25, 0.3) is 0 Å². The Kier molecular flexibility index (Phi) is 3.99. The summed E-state index contributed by atoms with van der Waals surface area (Å²) in [7, 11) is 2.00. The van der Waals surface area contributed by atoms with Gasteiger partial charge < -0.3 is 9.88 Å². The number of anilines is 1. The van der Waals surface area contributed by atoms with Gasteiger partial charge in [0.05, 0.1) is 12.2 Å². The summed E-state index contributed by atoms with van der Waals surface area (Å²) in [5.74, 6) is 0.990. The third-order valence-corrected chi connectivity index (χ3v) is 4.64. The van der Waals surface area contributed by atoms with Crippen LogP contribution < -0.4 is 5.32 Å². The number of hydrogen-bond acceptors (Lipinski definition) is 3. The lowest BCUT2D eigenvalue weighted by Crippen LogP contribution is -2.24. The second kappa shape index (κ2) is 5.92. The SMILES string of the molecule is Cc1nn(C)c(C)c1Cn1ccnc1NC1CCCCC1. The van der Waals surface area contributed by atoms with Crippen LogP contribution >= 0.6 is 0 Å². The van der Waals surface area contributed by atoms with Crippen molar-refractivity contribution in [2.75, 3.05) is 5.32 Å². The van der Waals surface area contributed by atoms with E-state index in [4.69, 9.17) is 0 Å². The Morgan fingerprint density at radius 3 is 2.67 bits per heavy atom. The van der Waals surface area contributed by atoms with E-state index in [-0.39, 0.29) is 0 Å². The van der Waals surface area contributed by atoms with E-state index in [1.54, 1.807) is 0 Å². The first-order valence-corrected chi connectivity index (χ1v) is 7.92. The second-order valence-electron chi connectivity index (χ2n) is 6.13. The minimum Gasteiger partial charge on any atom is -0.353 e. The van der Waals surface area contributed by atoms with Gasteiger partial charge in [-0.25, -0.2) is 4.98 Å². The van der Waals surface area contributed by atoms with Crippen LogP contribution in [0.2, 0.25) is 0 Å². The van der Waals surface area contributed by atoms with Gasteiger partial charge in [0.15, 0.2) is 0 Å². The molecule has 1 aliphatic rings. The first-order valence-electron chi connectivity index (χ1n) is 7.92. The van der Waals surface area contributed by atoms with E-state index in [1.165, 1.54) is 43.4 Å². The van der Waals surface area contributed by atoms with Crippen molar-refractivity contribution >= 4 is 5.95 Å². The molecule has 0 aliphatic heterocycles. The van der Waals surface area contributed by atoms with Crippen LogP contribution in [0.1, 0.15) is 49.1 Å². The number of aromatic nitrogens is 4. The molecule has 2 aromatic heterocycles. The van der Waals surface area contributed by atoms with E-state index in [2.05, 4.69) is 40.0 Å². The summed E-state index contributed by atoms with van der Waals surface area (Å²) in [6.07, 6.45) is 10.5. The Balaban J connectivity index is 1.75. The molecular weight excluding hydrogens is 262 g/mol. The van der Waals surface area contributed by atoms with Crippen molar-refractivity contribution in [3.8, 4) is 0 Å². The van der Waals surface area contributed by atoms with Crippen molar-refractivity contribution in [2.45, 2.75) is 58.5 Å². The highest BCUT2D eigenvalue weighted by atomic mass is 15.3. The molecule has 114 valence electrons. The highest BCUT2D eigenvalue weighted by Gasteiger charge is 2.16. The highest BCUT2D eigenvalue weighted by Crippen LogP contribution is 2.22. The number of aryl methyl sites for hydroxylation is 2. The molecule has 0 bridgehead atoms. The molecule has 21 heavy (non-hydrogen) atoms. The van der Waals surface area contributed by atoms with Gasteiger partial charge in [0.1, 0.15) is 0 Å². The molecule has 0 saturated heterocycles. The van der Waals surface area contributed by atoms with Gasteiger partial charge in [0, 0.05) is 36.7 Å². The standard InChI is InChI=1S/C16H25N5/c1-12-15(13(2)20(3)19-12)11-21-10-9-17-16(21)18-14-7-5-4-6-8-14/h9-10,14H,4-8,11H2,1-3H3,(H,17,18). The second-order valence-corrected chi connectivity index (χ2v) is 6.13. The van der Waals surface area contributed by atoms with Gasteiger partial charge in [-0.3, -0.25) is 4.68 Å². The first kappa shape index (κ1) is 14.2. The van der Waals surface area contributed by atoms with E-state index >= 15 is 0 Å². The maximum atomic E-state index is 4.50. The Bertz CT molecular complexity index is 604. The smallest absolute Gasteiger partial charge is 0.203 e. The van der Waals surface area contributed by atoms with E-state index in [1.807, 2.05) is 17.9 Å². The minimum absolute atomic E-state index is 0.580. The summed E-state index contributed by atoms with van der Waals surface area (Å²) in [4.78, 5) is 4.50. The van der Waals surface area contributed by atoms with Gasteiger partial charge in [-0.05, 0) is 26.7 Å². The summed E-state index contributed by atoms with van der Waals surface area (Å²) in [5, 5.41) is 8.12. The zero-order valence-corrected chi connectivity index (χ0v) is 13.3. The Hall–Kier alpha value is -1.78. The third-order valence-electron chi connectivity index (χ3n) is 4.64. The highest BCUT2D eigenvalue weighted by molar-refractivity contribution is 5.32. The van der Waals surface area contributed by atoms with Crippen molar-refractivity contribution < 1.29 is 0 Å². The molecule has 1 fully saturated rings. The van der Waals surface area contributed by atoms with E-state index in [0.717, 1.165) is 18.2 Å². The fourth-order valence-electron chi connectivity index (χ4n) is 3.22. The van der Waals surface area contributed by atoms with Crippen molar-refractivity contribution in [3.63, 3.8) is 0 Å². The minimum atomic E-state index is 0.580. The first-order chi connectivity index (χ1) is 10.1. The molecule has 1 N–H and O–H groups in total. The molecule has 2 aromatic rings. The molecule has 1 aliphatic carbocycles. The summed E-state index contributed by atoms with van der Waals surface area (Å²) in [6.45, 7) is 5.04. The number of nitrogens with zero attached hydrogens (tertiary/aromatic N) is 4. The Morgan fingerprint density at radius 2 is 2.00 bits per heavy atom.